The van der Waals surface area contributed by atoms with Crippen molar-refractivity contribution in [3.05, 3.63) is 76.5 Å². The van der Waals surface area contributed by atoms with Crippen LogP contribution in [0, 0.1) is 13.8 Å². The molecule has 3 N–H and O–H groups in total. The monoisotopic (exact) mass is 447 g/mol. The third-order valence-corrected chi connectivity index (χ3v) is 6.38. The molecule has 1 aliphatic heterocycles. The molecule has 1 saturated heterocycles. The van der Waals surface area contributed by atoms with Gasteiger partial charge in [-0.15, -0.1) is 0 Å². The summed E-state index contributed by atoms with van der Waals surface area (Å²) in [7, 11) is 0. The van der Waals surface area contributed by atoms with Crippen molar-refractivity contribution in [2.24, 2.45) is 10.7 Å². The van der Waals surface area contributed by atoms with Crippen LogP contribution in [0.4, 0.5) is 5.69 Å². The lowest BCUT2D eigenvalue weighted by molar-refractivity contribution is -0.119. The summed E-state index contributed by atoms with van der Waals surface area (Å²) in [4.78, 5) is 16.9. The Morgan fingerprint density at radius 1 is 1.21 bits per heavy atom. The van der Waals surface area contributed by atoms with Gasteiger partial charge in [0.2, 0.25) is 5.91 Å². The molecule has 3 rings (SSSR count). The van der Waals surface area contributed by atoms with E-state index in [1.165, 1.54) is 28.6 Å². The first-order valence-electron chi connectivity index (χ1n) is 12.0. The van der Waals surface area contributed by atoms with E-state index in [9.17, 15) is 4.79 Å². The molecule has 5 heteroatoms. The summed E-state index contributed by atoms with van der Waals surface area (Å²) < 4.78 is 5.68. The van der Waals surface area contributed by atoms with E-state index in [2.05, 4.69) is 67.5 Å². The van der Waals surface area contributed by atoms with Crippen molar-refractivity contribution in [2.45, 2.75) is 71.3 Å². The van der Waals surface area contributed by atoms with Crippen molar-refractivity contribution in [1.29, 1.82) is 0 Å². The smallest absolute Gasteiger partial charge is 0.226 e. The highest BCUT2D eigenvalue weighted by Gasteiger charge is 2.20. The predicted molar refractivity (Wildman–Crippen MR) is 137 cm³/mol. The Balaban J connectivity index is 1.75. The fourth-order valence-electron chi connectivity index (χ4n) is 4.45. The van der Waals surface area contributed by atoms with E-state index < -0.39 is 0 Å². The maximum Gasteiger partial charge on any atom is 0.226 e. The molecular formula is C28H37N3O2. The molecule has 0 aliphatic carbocycles. The fourth-order valence-corrected chi connectivity index (χ4v) is 4.45. The van der Waals surface area contributed by atoms with Crippen LogP contribution in [0.1, 0.15) is 67.2 Å². The molecule has 0 radical (unpaired) electrons. The molecule has 176 valence electrons. The second-order valence-electron chi connectivity index (χ2n) is 8.80. The number of rotatable bonds is 9. The van der Waals surface area contributed by atoms with E-state index >= 15 is 0 Å². The summed E-state index contributed by atoms with van der Waals surface area (Å²) in [6, 6.07) is 14.6. The van der Waals surface area contributed by atoms with Crippen LogP contribution >= 0.6 is 0 Å². The van der Waals surface area contributed by atoms with E-state index in [-0.39, 0.29) is 17.9 Å². The largest absolute Gasteiger partial charge is 0.390 e. The van der Waals surface area contributed by atoms with Gasteiger partial charge in [0.1, 0.15) is 0 Å². The number of carbonyl (C=O) groups is 1. The van der Waals surface area contributed by atoms with Crippen LogP contribution in [0.15, 0.2) is 59.2 Å². The van der Waals surface area contributed by atoms with Crippen LogP contribution in [0.5, 0.6) is 0 Å². The molecular weight excluding hydrogens is 410 g/mol. The van der Waals surface area contributed by atoms with Gasteiger partial charge in [-0.1, -0.05) is 43.3 Å². The van der Waals surface area contributed by atoms with Crippen LogP contribution in [0.25, 0.3) is 0 Å². The van der Waals surface area contributed by atoms with Crippen LogP contribution in [0.3, 0.4) is 0 Å². The van der Waals surface area contributed by atoms with Gasteiger partial charge in [-0.3, -0.25) is 4.79 Å². The molecule has 2 aromatic rings. The van der Waals surface area contributed by atoms with Gasteiger partial charge in [-0.2, -0.15) is 0 Å². The molecule has 0 aromatic heterocycles. The lowest BCUT2D eigenvalue weighted by Gasteiger charge is -2.22. The standard InChI is InChI=1S/C28H37N3O2/c1-4-8-27(30-19-29)26(25-11-7-9-20(2)21(25)3)17-22-12-14-23(15-13-22)31-28(32)18-24-10-5-6-16-33-24/h7-9,11-15,19,24,26H,4-6,10,16-18H2,1-3H3,(H2,29,30)(H,31,32)/b27-8-. The molecule has 2 unspecified atom stereocenters. The van der Waals surface area contributed by atoms with Crippen molar-refractivity contribution in [3.8, 4) is 0 Å². The molecule has 1 fully saturated rings. The molecule has 1 heterocycles. The maximum atomic E-state index is 12.4. The predicted octanol–water partition coefficient (Wildman–Crippen LogP) is 5.81. The molecule has 0 spiro atoms. The number of aryl methyl sites for hydroxylation is 1. The Bertz CT molecular complexity index is 973. The highest BCUT2D eigenvalue weighted by atomic mass is 16.5. The molecule has 1 amide bonds. The first-order chi connectivity index (χ1) is 16.0. The Morgan fingerprint density at radius 3 is 2.67 bits per heavy atom. The summed E-state index contributed by atoms with van der Waals surface area (Å²) in [5, 5.41) is 3.01. The van der Waals surface area contributed by atoms with E-state index in [1.807, 2.05) is 12.1 Å². The fraction of sp³-hybridized carbons (Fsp3) is 0.429. The van der Waals surface area contributed by atoms with Gasteiger partial charge in [0.25, 0.3) is 0 Å². The summed E-state index contributed by atoms with van der Waals surface area (Å²) >= 11 is 0. The number of anilines is 1. The van der Waals surface area contributed by atoms with Gasteiger partial charge < -0.3 is 15.8 Å². The number of benzene rings is 2. The maximum absolute atomic E-state index is 12.4. The van der Waals surface area contributed by atoms with E-state index in [4.69, 9.17) is 10.5 Å². The molecule has 2 aromatic carbocycles. The third kappa shape index (κ3) is 7.03. The number of hydrogen-bond acceptors (Lipinski definition) is 3. The van der Waals surface area contributed by atoms with Gasteiger partial charge in [0, 0.05) is 23.9 Å². The zero-order chi connectivity index (χ0) is 23.6. The van der Waals surface area contributed by atoms with Crippen LogP contribution < -0.4 is 11.1 Å². The topological polar surface area (TPSA) is 76.7 Å². The lowest BCUT2D eigenvalue weighted by Crippen LogP contribution is -2.25. The Morgan fingerprint density at radius 2 is 2.00 bits per heavy atom. The average Bonchev–Trinajstić information content (AvgIpc) is 2.81. The Labute approximate surface area is 198 Å². The lowest BCUT2D eigenvalue weighted by atomic mass is 9.85. The third-order valence-electron chi connectivity index (χ3n) is 6.38. The van der Waals surface area contributed by atoms with E-state index in [1.54, 1.807) is 0 Å². The second kappa shape index (κ2) is 12.4. The molecule has 2 atom stereocenters. The van der Waals surface area contributed by atoms with Gasteiger partial charge in [-0.25, -0.2) is 4.99 Å². The summed E-state index contributed by atoms with van der Waals surface area (Å²) in [6.07, 6.45) is 8.88. The highest BCUT2D eigenvalue weighted by molar-refractivity contribution is 5.91. The van der Waals surface area contributed by atoms with Crippen molar-refractivity contribution < 1.29 is 9.53 Å². The van der Waals surface area contributed by atoms with Crippen molar-refractivity contribution in [3.63, 3.8) is 0 Å². The Kier molecular flexibility index (Phi) is 9.25. The number of aliphatic imine (C=N–C) groups is 1. The number of allylic oxidation sites excluding steroid dienone is 2. The number of nitrogens with two attached hydrogens (primary N) is 1. The van der Waals surface area contributed by atoms with Gasteiger partial charge in [0.15, 0.2) is 0 Å². The molecule has 33 heavy (non-hydrogen) atoms. The van der Waals surface area contributed by atoms with Crippen molar-refractivity contribution >= 4 is 17.9 Å². The summed E-state index contributed by atoms with van der Waals surface area (Å²) in [5.74, 6) is 0.113. The van der Waals surface area contributed by atoms with Gasteiger partial charge >= 0.3 is 0 Å². The zero-order valence-corrected chi connectivity index (χ0v) is 20.1. The molecule has 1 aliphatic rings. The number of amides is 1. The average molecular weight is 448 g/mol. The molecule has 5 nitrogen and oxygen atoms in total. The van der Waals surface area contributed by atoms with Crippen LogP contribution in [-0.4, -0.2) is 25.0 Å². The number of ether oxygens (including phenoxy) is 1. The number of carbonyl (C=O) groups excluding carboxylic acids is 1. The Hall–Kier alpha value is -2.92. The van der Waals surface area contributed by atoms with Crippen molar-refractivity contribution in [1.82, 2.24) is 0 Å². The van der Waals surface area contributed by atoms with Crippen LogP contribution in [-0.2, 0) is 16.0 Å². The normalized spacial score (nSPS) is 17.8. The number of nitrogens with zero attached hydrogens (tertiary/aromatic N) is 1. The van der Waals surface area contributed by atoms with E-state index in [0.29, 0.717) is 6.42 Å². The zero-order valence-electron chi connectivity index (χ0n) is 20.1. The second-order valence-corrected chi connectivity index (χ2v) is 8.80. The van der Waals surface area contributed by atoms with Gasteiger partial charge in [0.05, 0.1) is 18.9 Å². The first kappa shape index (κ1) is 24.7. The number of hydrogen-bond donors (Lipinski definition) is 2. The number of nitrogens with one attached hydrogen (secondary N) is 1. The molecule has 0 saturated carbocycles. The summed E-state index contributed by atoms with van der Waals surface area (Å²) in [6.45, 7) is 7.18. The quantitative estimate of drug-likeness (QED) is 0.376. The van der Waals surface area contributed by atoms with E-state index in [0.717, 1.165) is 50.1 Å². The van der Waals surface area contributed by atoms with Gasteiger partial charge in [-0.05, 0) is 80.3 Å². The SMILES string of the molecule is CC/C=C(\N=CN)C(Cc1ccc(NC(=O)CC2CCCCO2)cc1)c1cccc(C)c1C. The minimum atomic E-state index is 0.00774. The highest BCUT2D eigenvalue weighted by Crippen LogP contribution is 2.33. The molecule has 0 bridgehead atoms. The van der Waals surface area contributed by atoms with Crippen LogP contribution in [0.2, 0.25) is 0 Å². The van der Waals surface area contributed by atoms with Crippen molar-refractivity contribution in [2.75, 3.05) is 11.9 Å². The minimum absolute atomic E-state index is 0.00774. The minimum Gasteiger partial charge on any atom is -0.390 e. The first-order valence-corrected chi connectivity index (χ1v) is 12.0. The summed E-state index contributed by atoms with van der Waals surface area (Å²) in [5.41, 5.74) is 12.5.